The summed E-state index contributed by atoms with van der Waals surface area (Å²) in [6.07, 6.45) is -1.71. The number of aliphatic hydroxyl groups excluding tert-OH is 1. The molecule has 0 saturated carbocycles. The average Bonchev–Trinajstić information content (AvgIpc) is 3.11. The third kappa shape index (κ3) is 6.72. The zero-order valence-electron chi connectivity index (χ0n) is 22.0. The SMILES string of the molecule is CC1(C)S[C@@H]2[C@H]([C@H](O)C(=O)N(CC(=O)NCCN3CCOCC3)Cc3ccccc3)C(=O)N2[C@H]1C(=O)[O-].[Na+]. The molecule has 0 aliphatic carbocycles. The maximum Gasteiger partial charge on any atom is 1.00 e. The van der Waals surface area contributed by atoms with Gasteiger partial charge in [-0.2, -0.15) is 0 Å². The fourth-order valence-electron chi connectivity index (χ4n) is 5.08. The van der Waals surface area contributed by atoms with E-state index in [9.17, 15) is 29.4 Å². The van der Waals surface area contributed by atoms with E-state index in [1.165, 1.54) is 21.6 Å². The Morgan fingerprint density at radius 1 is 1.24 bits per heavy atom. The van der Waals surface area contributed by atoms with Crippen LogP contribution in [-0.4, -0.2) is 112 Å². The van der Waals surface area contributed by atoms with Crippen molar-refractivity contribution in [2.24, 2.45) is 5.92 Å². The number of carboxylic acid groups (broad SMARTS) is 1. The Hall–Kier alpha value is -1.67. The summed E-state index contributed by atoms with van der Waals surface area (Å²) in [5, 5.41) is 24.8. The molecule has 1 aromatic carbocycles. The van der Waals surface area contributed by atoms with Crippen molar-refractivity contribution in [1.82, 2.24) is 20.0 Å². The second-order valence-electron chi connectivity index (χ2n) is 10.0. The number of rotatable bonds is 10. The summed E-state index contributed by atoms with van der Waals surface area (Å²) in [7, 11) is 0. The summed E-state index contributed by atoms with van der Waals surface area (Å²) in [4.78, 5) is 55.3. The molecule has 3 aliphatic heterocycles. The van der Waals surface area contributed by atoms with Crippen molar-refractivity contribution >= 4 is 35.5 Å². The van der Waals surface area contributed by atoms with Gasteiger partial charge in [0, 0.05) is 37.5 Å². The number of fused-ring (bicyclic) bond motifs is 1. The molecule has 202 valence electrons. The van der Waals surface area contributed by atoms with Crippen LogP contribution in [-0.2, 0) is 30.5 Å². The van der Waals surface area contributed by atoms with E-state index in [4.69, 9.17) is 4.74 Å². The number of hydrogen-bond acceptors (Lipinski definition) is 9. The molecule has 0 aromatic heterocycles. The van der Waals surface area contributed by atoms with Crippen LogP contribution in [0.1, 0.15) is 19.4 Å². The van der Waals surface area contributed by atoms with Gasteiger partial charge < -0.3 is 34.9 Å². The molecular weight excluding hydrogens is 523 g/mol. The van der Waals surface area contributed by atoms with Crippen molar-refractivity contribution in [3.63, 3.8) is 0 Å². The maximum atomic E-state index is 13.4. The van der Waals surface area contributed by atoms with Gasteiger partial charge in [-0.05, 0) is 19.4 Å². The van der Waals surface area contributed by atoms with Crippen molar-refractivity contribution in [1.29, 1.82) is 0 Å². The second kappa shape index (κ2) is 13.1. The number of ether oxygens (including phenoxy) is 1. The van der Waals surface area contributed by atoms with E-state index in [-0.39, 0.29) is 48.6 Å². The van der Waals surface area contributed by atoms with E-state index < -0.39 is 46.0 Å². The normalized spacial score (nSPS) is 25.0. The van der Waals surface area contributed by atoms with Crippen molar-refractivity contribution in [3.05, 3.63) is 35.9 Å². The molecule has 4 atom stereocenters. The summed E-state index contributed by atoms with van der Waals surface area (Å²) in [5.41, 5.74) is 0.763. The Morgan fingerprint density at radius 3 is 2.53 bits per heavy atom. The predicted molar refractivity (Wildman–Crippen MR) is 133 cm³/mol. The number of hydrogen-bond donors (Lipinski definition) is 2. The first-order valence-corrected chi connectivity index (χ1v) is 13.3. The zero-order valence-corrected chi connectivity index (χ0v) is 24.8. The van der Waals surface area contributed by atoms with Gasteiger partial charge in [0.05, 0.1) is 37.1 Å². The van der Waals surface area contributed by atoms with Gasteiger partial charge in [0.15, 0.2) is 0 Å². The van der Waals surface area contributed by atoms with E-state index in [0.717, 1.165) is 18.7 Å². The first kappa shape index (κ1) is 30.9. The van der Waals surface area contributed by atoms with E-state index >= 15 is 0 Å². The number of β-lactam (4-membered cyclic amide) rings is 1. The Bertz CT molecular complexity index is 1020. The number of benzene rings is 1. The number of carbonyl (C=O) groups is 4. The van der Waals surface area contributed by atoms with Gasteiger partial charge in [-0.15, -0.1) is 11.8 Å². The van der Waals surface area contributed by atoms with Crippen LogP contribution in [0.2, 0.25) is 0 Å². The van der Waals surface area contributed by atoms with E-state index in [2.05, 4.69) is 10.2 Å². The second-order valence-corrected chi connectivity index (χ2v) is 11.8. The Kier molecular flexibility index (Phi) is 10.7. The molecule has 3 aliphatic rings. The number of aliphatic carboxylic acids is 1. The number of nitrogens with zero attached hydrogens (tertiary/aromatic N) is 3. The third-order valence-corrected chi connectivity index (χ3v) is 8.61. The van der Waals surface area contributed by atoms with Gasteiger partial charge in [-0.25, -0.2) is 0 Å². The molecule has 0 bridgehead atoms. The molecule has 2 N–H and O–H groups in total. The molecule has 13 heteroatoms. The quantitative estimate of drug-likeness (QED) is 0.215. The van der Waals surface area contributed by atoms with Gasteiger partial charge in [0.25, 0.3) is 5.91 Å². The summed E-state index contributed by atoms with van der Waals surface area (Å²) in [6.45, 7) is 7.13. The molecule has 1 aromatic rings. The van der Waals surface area contributed by atoms with Crippen LogP contribution >= 0.6 is 11.8 Å². The first-order valence-electron chi connectivity index (χ1n) is 12.4. The number of aliphatic hydroxyl groups is 1. The van der Waals surface area contributed by atoms with Crippen molar-refractivity contribution in [3.8, 4) is 0 Å². The van der Waals surface area contributed by atoms with Crippen LogP contribution in [0.25, 0.3) is 0 Å². The number of carbonyl (C=O) groups excluding carboxylic acids is 4. The van der Waals surface area contributed by atoms with Crippen LogP contribution < -0.4 is 40.0 Å². The van der Waals surface area contributed by atoms with Crippen LogP contribution in [0, 0.1) is 5.92 Å². The largest absolute Gasteiger partial charge is 1.00 e. The molecule has 3 saturated heterocycles. The van der Waals surface area contributed by atoms with E-state index in [1.54, 1.807) is 26.0 Å². The molecule has 38 heavy (non-hydrogen) atoms. The van der Waals surface area contributed by atoms with Crippen molar-refractivity contribution in [2.75, 3.05) is 45.9 Å². The van der Waals surface area contributed by atoms with Crippen LogP contribution in [0.15, 0.2) is 30.3 Å². The average molecular weight is 557 g/mol. The molecule has 11 nitrogen and oxygen atoms in total. The Labute approximate surface area is 248 Å². The minimum atomic E-state index is -1.71. The van der Waals surface area contributed by atoms with Crippen molar-refractivity contribution in [2.45, 2.75) is 42.7 Å². The third-order valence-electron chi connectivity index (χ3n) is 7.01. The summed E-state index contributed by atoms with van der Waals surface area (Å²) in [5.74, 6) is -4.19. The minimum Gasteiger partial charge on any atom is -0.548 e. The number of carboxylic acids is 1. The van der Waals surface area contributed by atoms with Gasteiger partial charge in [-0.3, -0.25) is 19.3 Å². The molecule has 3 heterocycles. The number of thioether (sulfide) groups is 1. The number of nitrogens with one attached hydrogen (secondary N) is 1. The summed E-state index contributed by atoms with van der Waals surface area (Å²) < 4.78 is 4.49. The monoisotopic (exact) mass is 556 g/mol. The molecule has 0 spiro atoms. The summed E-state index contributed by atoms with van der Waals surface area (Å²) in [6, 6.07) is 7.91. The molecular formula is C25H33N4NaO7S. The van der Waals surface area contributed by atoms with Gasteiger partial charge >= 0.3 is 29.6 Å². The van der Waals surface area contributed by atoms with Crippen LogP contribution in [0.4, 0.5) is 0 Å². The first-order chi connectivity index (χ1) is 17.6. The van der Waals surface area contributed by atoms with E-state index in [0.29, 0.717) is 26.3 Å². The van der Waals surface area contributed by atoms with Crippen LogP contribution in [0.5, 0.6) is 0 Å². The fraction of sp³-hybridized carbons (Fsp3) is 0.600. The Balaban J connectivity index is 0.00000400. The summed E-state index contributed by atoms with van der Waals surface area (Å²) >= 11 is 1.23. The topological polar surface area (TPSA) is 143 Å². The molecule has 4 rings (SSSR count). The number of morpholine rings is 1. The van der Waals surface area contributed by atoms with Gasteiger partial charge in [0.2, 0.25) is 11.8 Å². The predicted octanol–water partition coefficient (Wildman–Crippen LogP) is -4.74. The standard InChI is InChI=1S/C25H34N4O7S.Na/c1-25(2)20(24(34)35)29-21(32)18(23(29)37-25)19(31)22(33)28(14-16-6-4-3-5-7-16)15-17(30)26-8-9-27-10-12-36-13-11-27;/h3-7,18-20,23,31H,8-15H2,1-2H3,(H,26,30)(H,34,35);/q;+1/p-1/t18-,19+,20+,23-;/m1./s1. The molecule has 0 radical (unpaired) electrons. The van der Waals surface area contributed by atoms with Crippen LogP contribution in [0.3, 0.4) is 0 Å². The van der Waals surface area contributed by atoms with Crippen molar-refractivity contribution < 1.29 is 63.7 Å². The number of amides is 3. The maximum absolute atomic E-state index is 13.4. The molecule has 3 amide bonds. The smallest absolute Gasteiger partial charge is 0.548 e. The minimum absolute atomic E-state index is 0. The molecule has 0 unspecified atom stereocenters. The molecule has 3 fully saturated rings. The van der Waals surface area contributed by atoms with E-state index in [1.807, 2.05) is 18.2 Å². The zero-order chi connectivity index (χ0) is 26.7. The van der Waals surface area contributed by atoms with Gasteiger partial charge in [0.1, 0.15) is 12.0 Å². The van der Waals surface area contributed by atoms with Gasteiger partial charge in [-0.1, -0.05) is 30.3 Å². The fourth-order valence-corrected chi connectivity index (χ4v) is 6.79. The Morgan fingerprint density at radius 2 is 1.89 bits per heavy atom.